The SMILES string of the molecule is O=Cc1cc(Cl)ccc1-c1ccc(F)c(F)c1F. The molecule has 0 heterocycles. The normalized spacial score (nSPS) is 10.4. The van der Waals surface area contributed by atoms with Gasteiger partial charge in [0.15, 0.2) is 23.7 Å². The fourth-order valence-electron chi connectivity index (χ4n) is 1.61. The van der Waals surface area contributed by atoms with Gasteiger partial charge in [-0.1, -0.05) is 17.7 Å². The van der Waals surface area contributed by atoms with Crippen LogP contribution in [0.2, 0.25) is 5.02 Å². The molecule has 0 amide bonds. The number of hydrogen-bond donors (Lipinski definition) is 0. The minimum Gasteiger partial charge on any atom is -0.298 e. The maximum atomic E-state index is 13.6. The third-order valence-electron chi connectivity index (χ3n) is 2.47. The molecule has 0 saturated heterocycles. The molecule has 0 saturated carbocycles. The summed E-state index contributed by atoms with van der Waals surface area (Å²) in [6.07, 6.45) is 0.474. The van der Waals surface area contributed by atoms with E-state index >= 15 is 0 Å². The molecule has 2 rings (SSSR count). The minimum atomic E-state index is -1.57. The van der Waals surface area contributed by atoms with Crippen LogP contribution < -0.4 is 0 Å². The molecule has 0 fully saturated rings. The molecule has 0 aliphatic heterocycles. The first-order chi connectivity index (χ1) is 8.54. The molecular weight excluding hydrogens is 265 g/mol. The van der Waals surface area contributed by atoms with Crippen LogP contribution in [-0.4, -0.2) is 6.29 Å². The first-order valence-electron chi connectivity index (χ1n) is 4.93. The lowest BCUT2D eigenvalue weighted by molar-refractivity contribution is 0.112. The molecule has 0 unspecified atom stereocenters. The van der Waals surface area contributed by atoms with Crippen molar-refractivity contribution >= 4 is 17.9 Å². The summed E-state index contributed by atoms with van der Waals surface area (Å²) in [6.45, 7) is 0. The average Bonchev–Trinajstić information content (AvgIpc) is 2.37. The van der Waals surface area contributed by atoms with E-state index in [1.165, 1.54) is 18.2 Å². The molecule has 18 heavy (non-hydrogen) atoms. The van der Waals surface area contributed by atoms with Crippen LogP contribution in [0, 0.1) is 17.5 Å². The molecule has 5 heteroatoms. The number of halogens is 4. The monoisotopic (exact) mass is 270 g/mol. The van der Waals surface area contributed by atoms with E-state index < -0.39 is 17.5 Å². The summed E-state index contributed by atoms with van der Waals surface area (Å²) in [4.78, 5) is 10.9. The minimum absolute atomic E-state index is 0.104. The largest absolute Gasteiger partial charge is 0.298 e. The number of benzene rings is 2. The maximum Gasteiger partial charge on any atom is 0.195 e. The standard InChI is InChI=1S/C13H6ClF3O/c14-8-1-2-9(7(5-8)6-18)10-3-4-11(15)13(17)12(10)16/h1-6H. The maximum absolute atomic E-state index is 13.6. The summed E-state index contributed by atoms with van der Waals surface area (Å²) in [6, 6.07) is 6.01. The Kier molecular flexibility index (Phi) is 3.39. The molecule has 2 aromatic carbocycles. The van der Waals surface area contributed by atoms with E-state index in [2.05, 4.69) is 0 Å². The molecule has 0 atom stereocenters. The zero-order valence-electron chi connectivity index (χ0n) is 8.88. The first-order valence-corrected chi connectivity index (χ1v) is 5.31. The third kappa shape index (κ3) is 2.11. The zero-order valence-corrected chi connectivity index (χ0v) is 9.64. The summed E-state index contributed by atoms with van der Waals surface area (Å²) in [5.41, 5.74) is 0.0749. The lowest BCUT2D eigenvalue weighted by Crippen LogP contribution is -1.96. The van der Waals surface area contributed by atoms with Crippen LogP contribution in [-0.2, 0) is 0 Å². The molecule has 0 aliphatic carbocycles. The van der Waals surface area contributed by atoms with Crippen molar-refractivity contribution in [1.82, 2.24) is 0 Å². The number of carbonyl (C=O) groups excluding carboxylic acids is 1. The predicted octanol–water partition coefficient (Wildman–Crippen LogP) is 4.24. The van der Waals surface area contributed by atoms with E-state index in [-0.39, 0.29) is 16.7 Å². The summed E-state index contributed by atoms with van der Waals surface area (Å²) >= 11 is 5.69. The van der Waals surface area contributed by atoms with Gasteiger partial charge in [-0.2, -0.15) is 0 Å². The highest BCUT2D eigenvalue weighted by Gasteiger charge is 2.16. The van der Waals surface area contributed by atoms with Gasteiger partial charge in [0.2, 0.25) is 0 Å². The van der Waals surface area contributed by atoms with Gasteiger partial charge in [0.1, 0.15) is 0 Å². The van der Waals surface area contributed by atoms with Crippen molar-refractivity contribution < 1.29 is 18.0 Å². The second kappa shape index (κ2) is 4.82. The van der Waals surface area contributed by atoms with Gasteiger partial charge in [-0.25, -0.2) is 13.2 Å². The molecule has 0 spiro atoms. The lowest BCUT2D eigenvalue weighted by atomic mass is 9.99. The Hall–Kier alpha value is -1.81. The number of carbonyl (C=O) groups is 1. The number of aldehydes is 1. The summed E-state index contributed by atoms with van der Waals surface area (Å²) in [5, 5.41) is 0.295. The zero-order chi connectivity index (χ0) is 13.3. The van der Waals surface area contributed by atoms with Crippen molar-refractivity contribution in [1.29, 1.82) is 0 Å². The van der Waals surface area contributed by atoms with E-state index in [0.29, 0.717) is 11.3 Å². The van der Waals surface area contributed by atoms with E-state index in [0.717, 1.165) is 12.1 Å². The Morgan fingerprint density at radius 3 is 2.28 bits per heavy atom. The first kappa shape index (κ1) is 12.6. The Morgan fingerprint density at radius 2 is 1.61 bits per heavy atom. The fraction of sp³-hybridized carbons (Fsp3) is 0. The predicted molar refractivity (Wildman–Crippen MR) is 62.1 cm³/mol. The van der Waals surface area contributed by atoms with Gasteiger partial charge in [-0.3, -0.25) is 4.79 Å². The summed E-state index contributed by atoms with van der Waals surface area (Å²) < 4.78 is 39.5. The van der Waals surface area contributed by atoms with Gasteiger partial charge in [0.05, 0.1) is 0 Å². The van der Waals surface area contributed by atoms with Crippen molar-refractivity contribution in [2.24, 2.45) is 0 Å². The topological polar surface area (TPSA) is 17.1 Å². The van der Waals surface area contributed by atoms with Crippen LogP contribution in [0.25, 0.3) is 11.1 Å². The average molecular weight is 271 g/mol. The molecule has 2 aromatic rings. The van der Waals surface area contributed by atoms with Crippen molar-refractivity contribution in [3.8, 4) is 11.1 Å². The molecule has 0 aromatic heterocycles. The lowest BCUT2D eigenvalue weighted by Gasteiger charge is -2.07. The van der Waals surface area contributed by atoms with Crippen LogP contribution in [0.3, 0.4) is 0 Å². The quantitative estimate of drug-likeness (QED) is 0.589. The molecule has 92 valence electrons. The van der Waals surface area contributed by atoms with Crippen LogP contribution in [0.4, 0.5) is 13.2 Å². The molecule has 0 aliphatic rings. The highest BCUT2D eigenvalue weighted by atomic mass is 35.5. The highest BCUT2D eigenvalue weighted by molar-refractivity contribution is 6.31. The van der Waals surface area contributed by atoms with Gasteiger partial charge in [0, 0.05) is 16.1 Å². The second-order valence-corrected chi connectivity index (χ2v) is 4.01. The Balaban J connectivity index is 2.69. The summed E-state index contributed by atoms with van der Waals surface area (Å²) in [5.74, 6) is -4.18. The Bertz CT molecular complexity index is 626. The number of rotatable bonds is 2. The van der Waals surface area contributed by atoms with Gasteiger partial charge in [-0.15, -0.1) is 0 Å². The number of hydrogen-bond acceptors (Lipinski definition) is 1. The second-order valence-electron chi connectivity index (χ2n) is 3.57. The van der Waals surface area contributed by atoms with Gasteiger partial charge in [0.25, 0.3) is 0 Å². The summed E-state index contributed by atoms with van der Waals surface area (Å²) in [7, 11) is 0. The van der Waals surface area contributed by atoms with Gasteiger partial charge >= 0.3 is 0 Å². The van der Waals surface area contributed by atoms with E-state index in [1.807, 2.05) is 0 Å². The van der Waals surface area contributed by atoms with Crippen molar-refractivity contribution in [2.45, 2.75) is 0 Å². The van der Waals surface area contributed by atoms with Gasteiger partial charge < -0.3 is 0 Å². The van der Waals surface area contributed by atoms with Crippen LogP contribution >= 0.6 is 11.6 Å². The van der Waals surface area contributed by atoms with Crippen molar-refractivity contribution in [3.63, 3.8) is 0 Å². The molecular formula is C13H6ClF3O. The van der Waals surface area contributed by atoms with Crippen LogP contribution in [0.15, 0.2) is 30.3 Å². The molecule has 1 nitrogen and oxygen atoms in total. The van der Waals surface area contributed by atoms with Crippen LogP contribution in [0.1, 0.15) is 10.4 Å². The molecule has 0 bridgehead atoms. The van der Waals surface area contributed by atoms with E-state index in [1.54, 1.807) is 0 Å². The van der Waals surface area contributed by atoms with Crippen molar-refractivity contribution in [3.05, 3.63) is 58.4 Å². The van der Waals surface area contributed by atoms with Crippen molar-refractivity contribution in [2.75, 3.05) is 0 Å². The fourth-order valence-corrected chi connectivity index (χ4v) is 1.79. The Morgan fingerprint density at radius 1 is 0.944 bits per heavy atom. The highest BCUT2D eigenvalue weighted by Crippen LogP contribution is 2.29. The third-order valence-corrected chi connectivity index (χ3v) is 2.70. The van der Waals surface area contributed by atoms with Crippen LogP contribution in [0.5, 0.6) is 0 Å². The smallest absolute Gasteiger partial charge is 0.195 e. The van der Waals surface area contributed by atoms with E-state index in [4.69, 9.17) is 11.6 Å². The molecule has 0 radical (unpaired) electrons. The Labute approximate surface area is 106 Å². The van der Waals surface area contributed by atoms with Gasteiger partial charge in [-0.05, 0) is 29.8 Å². The molecule has 0 N–H and O–H groups in total. The van der Waals surface area contributed by atoms with E-state index in [9.17, 15) is 18.0 Å².